The number of ketones is 1. The Kier molecular flexibility index (Phi) is 7.34. The van der Waals surface area contributed by atoms with E-state index >= 15 is 0 Å². The lowest BCUT2D eigenvalue weighted by Crippen LogP contribution is -2.57. The number of fused-ring (bicyclic) bond motifs is 1. The van der Waals surface area contributed by atoms with Gasteiger partial charge in [0, 0.05) is 56.9 Å². The van der Waals surface area contributed by atoms with Crippen molar-refractivity contribution in [3.63, 3.8) is 0 Å². The van der Waals surface area contributed by atoms with Gasteiger partial charge in [0.25, 0.3) is 11.8 Å². The van der Waals surface area contributed by atoms with Crippen LogP contribution in [-0.4, -0.2) is 89.2 Å². The average Bonchev–Trinajstić information content (AvgIpc) is 3.60. The molecule has 4 heterocycles. The Morgan fingerprint density at radius 3 is 2.47 bits per heavy atom. The Balaban J connectivity index is 1.35. The minimum absolute atomic E-state index is 0.0719. The van der Waals surface area contributed by atoms with Gasteiger partial charge in [0.05, 0.1) is 13.0 Å². The van der Waals surface area contributed by atoms with Gasteiger partial charge in [0.2, 0.25) is 11.7 Å². The number of rotatable bonds is 6. The number of aromatic nitrogens is 1. The summed E-state index contributed by atoms with van der Waals surface area (Å²) >= 11 is 0. The number of nitrogens with one attached hydrogen (secondary N) is 1. The molecule has 1 aromatic heterocycles. The highest BCUT2D eigenvalue weighted by molar-refractivity contribution is 6.38. The normalized spacial score (nSPS) is 23.2. The summed E-state index contributed by atoms with van der Waals surface area (Å²) < 4.78 is 18.8. The third-order valence-electron chi connectivity index (χ3n) is 7.89. The van der Waals surface area contributed by atoms with E-state index in [-0.39, 0.29) is 41.8 Å². The minimum atomic E-state index is -0.688. The maximum Gasteiger partial charge on any atom is 0.290 e. The number of hydrogen-bond donors (Lipinski definition) is 1. The second-order valence-corrected chi connectivity index (χ2v) is 10.5. The Morgan fingerprint density at radius 1 is 1.08 bits per heavy atom. The summed E-state index contributed by atoms with van der Waals surface area (Å²) in [5.41, 5.74) is 1.86. The fraction of sp³-hybridized carbons (Fsp3) is 0.500. The number of carbonyl (C=O) groups excluding carboxylic acids is 3. The molecular formula is C28H34FN5O4. The molecule has 1 N–H and O–H groups in total. The summed E-state index contributed by atoms with van der Waals surface area (Å²) in [6.07, 6.45) is 1.81. The van der Waals surface area contributed by atoms with Crippen molar-refractivity contribution in [3.05, 3.63) is 52.8 Å². The van der Waals surface area contributed by atoms with Crippen molar-refractivity contribution < 1.29 is 23.5 Å². The van der Waals surface area contributed by atoms with Crippen molar-refractivity contribution in [2.24, 2.45) is 0 Å². The second kappa shape index (κ2) is 10.7. The number of pyridine rings is 1. The zero-order valence-electron chi connectivity index (χ0n) is 22.1. The number of hydrogen-bond acceptors (Lipinski definition) is 7. The van der Waals surface area contributed by atoms with Crippen molar-refractivity contribution in [2.75, 3.05) is 45.2 Å². The van der Waals surface area contributed by atoms with E-state index in [4.69, 9.17) is 4.74 Å². The monoisotopic (exact) mass is 523 g/mol. The van der Waals surface area contributed by atoms with E-state index in [9.17, 15) is 18.8 Å². The van der Waals surface area contributed by atoms with Crippen LogP contribution < -0.4 is 10.1 Å². The van der Waals surface area contributed by atoms with Crippen molar-refractivity contribution in [2.45, 2.75) is 51.2 Å². The molecule has 1 unspecified atom stereocenters. The number of carbonyl (C=O) groups is 3. The van der Waals surface area contributed by atoms with Crippen molar-refractivity contribution >= 4 is 23.4 Å². The molecule has 0 aliphatic carbocycles. The first kappa shape index (κ1) is 26.1. The first-order chi connectivity index (χ1) is 18.3. The second-order valence-electron chi connectivity index (χ2n) is 10.5. The Labute approximate surface area is 221 Å². The largest absolute Gasteiger partial charge is 0.480 e. The Morgan fingerprint density at radius 2 is 1.79 bits per heavy atom. The highest BCUT2D eigenvalue weighted by Gasteiger charge is 2.39. The molecule has 0 bridgehead atoms. The predicted molar refractivity (Wildman–Crippen MR) is 140 cm³/mol. The van der Waals surface area contributed by atoms with Crippen molar-refractivity contribution in [3.8, 4) is 5.88 Å². The van der Waals surface area contributed by atoms with Crippen LogP contribution in [0.5, 0.6) is 5.88 Å². The number of Topliss-reactive ketones (excluding diaryl/α,β-unsaturated/α-hetero) is 1. The SMILES string of the molecule is COc1nc2c(cc1C(=O)N1C[C@H](C)N(Cc3ccc(F)cc3)C[C@H]1C)C(C(=O)C(=O)N1CCCC1)CN2. The number of likely N-dealkylation sites (tertiary alicyclic amines) is 1. The van der Waals surface area contributed by atoms with E-state index in [2.05, 4.69) is 22.1 Å². The molecule has 0 radical (unpaired) electrons. The third kappa shape index (κ3) is 4.97. The molecule has 1 aromatic carbocycles. The van der Waals surface area contributed by atoms with Crippen LogP contribution in [0.3, 0.4) is 0 Å². The first-order valence-electron chi connectivity index (χ1n) is 13.2. The van der Waals surface area contributed by atoms with Gasteiger partial charge in [0.15, 0.2) is 0 Å². The van der Waals surface area contributed by atoms with E-state index in [1.54, 1.807) is 23.1 Å². The van der Waals surface area contributed by atoms with Gasteiger partial charge >= 0.3 is 0 Å². The number of anilines is 1. The molecule has 10 heteroatoms. The minimum Gasteiger partial charge on any atom is -0.480 e. The van der Waals surface area contributed by atoms with Crippen LogP contribution in [0.2, 0.25) is 0 Å². The number of benzene rings is 1. The molecule has 5 rings (SSSR count). The van der Waals surface area contributed by atoms with Crippen LogP contribution in [0, 0.1) is 5.82 Å². The summed E-state index contributed by atoms with van der Waals surface area (Å²) in [6, 6.07) is 8.14. The van der Waals surface area contributed by atoms with Gasteiger partial charge in [-0.1, -0.05) is 12.1 Å². The summed E-state index contributed by atoms with van der Waals surface area (Å²) in [5, 5.41) is 3.11. The lowest BCUT2D eigenvalue weighted by Gasteiger charge is -2.44. The van der Waals surface area contributed by atoms with E-state index in [0.29, 0.717) is 44.1 Å². The van der Waals surface area contributed by atoms with Gasteiger partial charge in [-0.15, -0.1) is 0 Å². The zero-order chi connectivity index (χ0) is 27.0. The maximum atomic E-state index is 13.8. The number of nitrogens with zero attached hydrogens (tertiary/aromatic N) is 4. The molecule has 202 valence electrons. The van der Waals surface area contributed by atoms with Gasteiger partial charge in [-0.25, -0.2) is 4.39 Å². The fourth-order valence-electron chi connectivity index (χ4n) is 5.68. The van der Waals surface area contributed by atoms with Crippen LogP contribution in [0.4, 0.5) is 10.2 Å². The molecule has 38 heavy (non-hydrogen) atoms. The van der Waals surface area contributed by atoms with E-state index in [1.807, 2.05) is 11.8 Å². The molecule has 3 atom stereocenters. The lowest BCUT2D eigenvalue weighted by atomic mass is 9.95. The quantitative estimate of drug-likeness (QED) is 0.582. The molecule has 3 aliphatic rings. The van der Waals surface area contributed by atoms with E-state index < -0.39 is 17.6 Å². The zero-order valence-corrected chi connectivity index (χ0v) is 22.1. The number of piperazine rings is 1. The predicted octanol–water partition coefficient (Wildman–Crippen LogP) is 2.66. The maximum absolute atomic E-state index is 13.8. The van der Waals surface area contributed by atoms with Gasteiger partial charge in [0.1, 0.15) is 17.2 Å². The number of methoxy groups -OCH3 is 1. The van der Waals surface area contributed by atoms with Crippen molar-refractivity contribution in [1.82, 2.24) is 19.7 Å². The van der Waals surface area contributed by atoms with Crippen LogP contribution in [0.15, 0.2) is 30.3 Å². The third-order valence-corrected chi connectivity index (χ3v) is 7.89. The summed E-state index contributed by atoms with van der Waals surface area (Å²) in [6.45, 7) is 7.34. The summed E-state index contributed by atoms with van der Waals surface area (Å²) in [5.74, 6) is -1.45. The number of amides is 2. The smallest absolute Gasteiger partial charge is 0.290 e. The molecule has 2 amide bonds. The topological polar surface area (TPSA) is 95.1 Å². The van der Waals surface area contributed by atoms with E-state index in [0.717, 1.165) is 18.4 Å². The summed E-state index contributed by atoms with van der Waals surface area (Å²) in [4.78, 5) is 49.9. The molecular weight excluding hydrogens is 489 g/mol. The van der Waals surface area contributed by atoms with E-state index in [1.165, 1.54) is 19.2 Å². The lowest BCUT2D eigenvalue weighted by molar-refractivity contribution is -0.144. The average molecular weight is 524 g/mol. The molecule has 2 saturated heterocycles. The molecule has 2 aromatic rings. The number of ether oxygens (including phenoxy) is 1. The standard InChI is InChI=1S/C28H34FN5O4/c1-17-15-34(18(2)14-33(17)16-19-6-8-20(29)9-7-19)27(36)22-12-21-23(13-30-25(21)31-26(22)38-3)24(35)28(37)32-10-4-5-11-32/h6-9,12,17-18,23H,4-5,10-11,13-16H2,1-3H3,(H,30,31)/t17-,18+,23?/m0/s1. The van der Waals surface area contributed by atoms with Gasteiger partial charge in [-0.05, 0) is 50.5 Å². The molecule has 0 spiro atoms. The Hall–Kier alpha value is -3.53. The van der Waals surface area contributed by atoms with Crippen LogP contribution in [-0.2, 0) is 16.1 Å². The molecule has 2 fully saturated rings. The van der Waals surface area contributed by atoms with Crippen molar-refractivity contribution in [1.29, 1.82) is 0 Å². The van der Waals surface area contributed by atoms with Gasteiger partial charge in [-0.2, -0.15) is 4.98 Å². The van der Waals surface area contributed by atoms with Crippen LogP contribution >= 0.6 is 0 Å². The summed E-state index contributed by atoms with van der Waals surface area (Å²) in [7, 11) is 1.46. The molecule has 0 saturated carbocycles. The highest BCUT2D eigenvalue weighted by atomic mass is 19.1. The first-order valence-corrected chi connectivity index (χ1v) is 13.2. The Bertz CT molecular complexity index is 1230. The highest BCUT2D eigenvalue weighted by Crippen LogP contribution is 2.36. The molecule has 3 aliphatic heterocycles. The van der Waals surface area contributed by atoms with Gasteiger partial charge in [-0.3, -0.25) is 19.3 Å². The fourth-order valence-corrected chi connectivity index (χ4v) is 5.68. The van der Waals surface area contributed by atoms with Crippen LogP contribution in [0.25, 0.3) is 0 Å². The number of halogens is 1. The molecule has 9 nitrogen and oxygen atoms in total. The van der Waals surface area contributed by atoms with Crippen LogP contribution in [0.1, 0.15) is 54.1 Å². The van der Waals surface area contributed by atoms with Gasteiger partial charge < -0.3 is 19.9 Å².